The lowest BCUT2D eigenvalue weighted by molar-refractivity contribution is 0.687. The minimum atomic E-state index is -2.06. The number of rotatable bonds is 5. The fourth-order valence-corrected chi connectivity index (χ4v) is 3.04. The summed E-state index contributed by atoms with van der Waals surface area (Å²) in [4.78, 5) is 4.81. The number of nitrogens with zero attached hydrogens (tertiary/aromatic N) is 3. The largest absolute Gasteiger partial charge is 0.380 e. The van der Waals surface area contributed by atoms with Crippen LogP contribution >= 0.6 is 11.6 Å². The van der Waals surface area contributed by atoms with Crippen molar-refractivity contribution < 1.29 is 4.21 Å². The highest BCUT2D eigenvalue weighted by atomic mass is 35.5. The fraction of sp³-hybridized carbons (Fsp3) is 0.125. The monoisotopic (exact) mass is 359 g/mol. The summed E-state index contributed by atoms with van der Waals surface area (Å²) < 4.78 is 19.9. The molecule has 0 radical (unpaired) electrons. The zero-order chi connectivity index (χ0) is 17.1. The smallest absolute Gasteiger partial charge is 0.162 e. The van der Waals surface area contributed by atoms with Gasteiger partial charge in [0.2, 0.25) is 0 Å². The van der Waals surface area contributed by atoms with Gasteiger partial charge in [0.05, 0.1) is 21.7 Å². The van der Waals surface area contributed by atoms with E-state index in [-0.39, 0.29) is 0 Å². The van der Waals surface area contributed by atoms with Crippen molar-refractivity contribution in [2.24, 2.45) is 0 Å². The Labute approximate surface area is 145 Å². The molecular formula is C16H14ClN5OS. The number of thiol groups is 1. The molecule has 122 valence electrons. The highest BCUT2D eigenvalue weighted by molar-refractivity contribution is 7.73. The van der Waals surface area contributed by atoms with E-state index in [4.69, 9.17) is 22.8 Å². The third-order valence-corrected chi connectivity index (χ3v) is 4.52. The van der Waals surface area contributed by atoms with Gasteiger partial charge in [-0.1, -0.05) is 29.7 Å². The molecule has 0 aliphatic heterocycles. The van der Waals surface area contributed by atoms with E-state index >= 15 is 0 Å². The molecule has 0 fully saturated rings. The molecule has 2 heterocycles. The van der Waals surface area contributed by atoms with Crippen molar-refractivity contribution >= 4 is 38.9 Å². The molecule has 0 amide bonds. The van der Waals surface area contributed by atoms with Gasteiger partial charge in [0.25, 0.3) is 0 Å². The van der Waals surface area contributed by atoms with E-state index in [1.807, 2.05) is 18.2 Å². The van der Waals surface area contributed by atoms with E-state index in [1.54, 1.807) is 23.0 Å². The second kappa shape index (κ2) is 6.91. The van der Waals surface area contributed by atoms with E-state index in [2.05, 4.69) is 21.3 Å². The standard InChI is InChI=1S/C16H14ClN5OS/c1-2-9-22-16-14(15(17)21-22)13(7-8-19-16)20-10-11-3-5-12(6-4-11)24(18)23/h1,3-8,18,24H,9-10H2,(H,19,20). The minimum absolute atomic E-state index is 0.298. The summed E-state index contributed by atoms with van der Waals surface area (Å²) in [5, 5.41) is 8.58. The van der Waals surface area contributed by atoms with Crippen molar-refractivity contribution in [3.8, 4) is 12.3 Å². The van der Waals surface area contributed by atoms with Crippen molar-refractivity contribution in [1.29, 1.82) is 4.78 Å². The van der Waals surface area contributed by atoms with Crippen LogP contribution in [0, 0.1) is 17.1 Å². The molecule has 0 aliphatic rings. The Morgan fingerprint density at radius 3 is 2.75 bits per heavy atom. The number of hydrogen-bond donors (Lipinski definition) is 3. The second-order valence-electron chi connectivity index (χ2n) is 5.02. The lowest BCUT2D eigenvalue weighted by Crippen LogP contribution is -2.01. The molecule has 6 nitrogen and oxygen atoms in total. The SMILES string of the molecule is C#CCn1nc(Cl)c2c(NCc3ccc([SH](=N)=O)cc3)ccnc21. The van der Waals surface area contributed by atoms with Gasteiger partial charge in [-0.2, -0.15) is 5.10 Å². The molecular weight excluding hydrogens is 346 g/mol. The van der Waals surface area contributed by atoms with Crippen molar-refractivity contribution in [3.05, 3.63) is 47.2 Å². The van der Waals surface area contributed by atoms with Crippen LogP contribution in [-0.4, -0.2) is 19.0 Å². The first kappa shape index (κ1) is 16.3. The molecule has 3 aromatic rings. The highest BCUT2D eigenvalue weighted by Crippen LogP contribution is 2.29. The molecule has 0 bridgehead atoms. The molecule has 0 saturated carbocycles. The molecule has 1 aromatic carbocycles. The van der Waals surface area contributed by atoms with Crippen molar-refractivity contribution in [1.82, 2.24) is 14.8 Å². The number of aromatic nitrogens is 3. The van der Waals surface area contributed by atoms with Gasteiger partial charge in [-0.3, -0.25) is 4.78 Å². The van der Waals surface area contributed by atoms with Crippen LogP contribution in [0.25, 0.3) is 11.0 Å². The Morgan fingerprint density at radius 2 is 2.08 bits per heavy atom. The van der Waals surface area contributed by atoms with Gasteiger partial charge < -0.3 is 5.32 Å². The van der Waals surface area contributed by atoms with Crippen LogP contribution in [0.3, 0.4) is 0 Å². The molecule has 3 rings (SSSR count). The van der Waals surface area contributed by atoms with Crippen LogP contribution in [0.15, 0.2) is 41.4 Å². The summed E-state index contributed by atoms with van der Waals surface area (Å²) in [7, 11) is -2.06. The first-order valence-electron chi connectivity index (χ1n) is 7.06. The van der Waals surface area contributed by atoms with Gasteiger partial charge in [0, 0.05) is 17.6 Å². The van der Waals surface area contributed by atoms with Crippen molar-refractivity contribution in [2.45, 2.75) is 18.0 Å². The molecule has 0 saturated heterocycles. The van der Waals surface area contributed by atoms with Gasteiger partial charge in [-0.05, 0) is 23.8 Å². The molecule has 1 atom stereocenters. The Morgan fingerprint density at radius 1 is 1.33 bits per heavy atom. The zero-order valence-electron chi connectivity index (χ0n) is 12.5. The van der Waals surface area contributed by atoms with Crippen LogP contribution in [-0.2, 0) is 23.7 Å². The Hall–Kier alpha value is -2.56. The van der Waals surface area contributed by atoms with Crippen molar-refractivity contribution in [2.75, 3.05) is 5.32 Å². The van der Waals surface area contributed by atoms with E-state index in [9.17, 15) is 4.21 Å². The molecule has 8 heteroatoms. The Bertz CT molecular complexity index is 994. The van der Waals surface area contributed by atoms with Gasteiger partial charge in [-0.25, -0.2) is 13.9 Å². The van der Waals surface area contributed by atoms with Crippen molar-refractivity contribution in [3.63, 3.8) is 0 Å². The molecule has 2 aromatic heterocycles. The summed E-state index contributed by atoms with van der Waals surface area (Å²) in [6, 6.07) is 8.90. The molecule has 0 spiro atoms. The molecule has 1 unspecified atom stereocenters. The average Bonchev–Trinajstić information content (AvgIpc) is 2.90. The normalized spacial score (nSPS) is 12.0. The minimum Gasteiger partial charge on any atom is -0.380 e. The average molecular weight is 360 g/mol. The third-order valence-electron chi connectivity index (χ3n) is 3.49. The van der Waals surface area contributed by atoms with Crippen LogP contribution in [0.1, 0.15) is 5.56 Å². The van der Waals surface area contributed by atoms with E-state index < -0.39 is 10.6 Å². The van der Waals surface area contributed by atoms with E-state index in [0.29, 0.717) is 28.8 Å². The third kappa shape index (κ3) is 3.20. The molecule has 0 aliphatic carbocycles. The number of anilines is 1. The fourth-order valence-electron chi connectivity index (χ4n) is 2.34. The first-order valence-corrected chi connectivity index (χ1v) is 8.69. The first-order chi connectivity index (χ1) is 11.6. The number of benzene rings is 1. The number of pyridine rings is 1. The summed E-state index contributed by atoms with van der Waals surface area (Å²) in [6.45, 7) is 0.845. The van der Waals surface area contributed by atoms with Crippen LogP contribution < -0.4 is 5.32 Å². The summed E-state index contributed by atoms with van der Waals surface area (Å²) in [6.07, 6.45) is 7.01. The van der Waals surface area contributed by atoms with E-state index in [0.717, 1.165) is 16.6 Å². The van der Waals surface area contributed by atoms with Crippen LogP contribution in [0.5, 0.6) is 0 Å². The van der Waals surface area contributed by atoms with Gasteiger partial charge in [0.1, 0.15) is 6.54 Å². The lowest BCUT2D eigenvalue weighted by atomic mass is 10.2. The number of terminal acetylenes is 1. The Kier molecular flexibility index (Phi) is 4.69. The second-order valence-corrected chi connectivity index (χ2v) is 6.49. The van der Waals surface area contributed by atoms with Crippen LogP contribution in [0.4, 0.5) is 5.69 Å². The molecule has 2 N–H and O–H groups in total. The van der Waals surface area contributed by atoms with E-state index in [1.165, 1.54) is 0 Å². The summed E-state index contributed by atoms with van der Waals surface area (Å²) >= 11 is 6.22. The maximum Gasteiger partial charge on any atom is 0.162 e. The van der Waals surface area contributed by atoms with Gasteiger partial charge in [0.15, 0.2) is 10.8 Å². The number of nitrogens with one attached hydrogen (secondary N) is 2. The van der Waals surface area contributed by atoms with Gasteiger partial charge >= 0.3 is 0 Å². The quantitative estimate of drug-likeness (QED) is 0.483. The topological polar surface area (TPSA) is 83.7 Å². The predicted molar refractivity (Wildman–Crippen MR) is 95.7 cm³/mol. The highest BCUT2D eigenvalue weighted by Gasteiger charge is 2.13. The summed E-state index contributed by atoms with van der Waals surface area (Å²) in [5.74, 6) is 2.52. The molecule has 24 heavy (non-hydrogen) atoms. The lowest BCUT2D eigenvalue weighted by Gasteiger charge is -2.08. The number of halogens is 1. The Balaban J connectivity index is 1.86. The van der Waals surface area contributed by atoms with Crippen LogP contribution in [0.2, 0.25) is 5.15 Å². The maximum absolute atomic E-state index is 11.1. The maximum atomic E-state index is 11.1. The summed E-state index contributed by atoms with van der Waals surface area (Å²) in [5.41, 5.74) is 2.43. The predicted octanol–water partition coefficient (Wildman–Crippen LogP) is 2.93. The van der Waals surface area contributed by atoms with Gasteiger partial charge in [-0.15, -0.1) is 6.42 Å². The zero-order valence-corrected chi connectivity index (χ0v) is 14.2. The number of hydrogen-bond acceptors (Lipinski definition) is 5. The number of fused-ring (bicyclic) bond motifs is 1.